The Labute approximate surface area is 153 Å². The number of pyridine rings is 1. The molecule has 26 heavy (non-hydrogen) atoms. The summed E-state index contributed by atoms with van der Waals surface area (Å²) in [6.45, 7) is 0. The second kappa shape index (κ2) is 7.93. The molecule has 132 valence electrons. The van der Waals surface area contributed by atoms with Crippen molar-refractivity contribution in [3.05, 3.63) is 83.0 Å². The molecule has 3 aromatic rings. The van der Waals surface area contributed by atoms with Crippen LogP contribution in [0, 0.1) is 11.6 Å². The van der Waals surface area contributed by atoms with Gasteiger partial charge in [0.15, 0.2) is 0 Å². The lowest BCUT2D eigenvalue weighted by atomic mass is 10.1. The highest BCUT2D eigenvalue weighted by Gasteiger charge is 2.07. The first-order chi connectivity index (χ1) is 12.5. The molecule has 0 bridgehead atoms. The van der Waals surface area contributed by atoms with Crippen molar-refractivity contribution in [1.82, 2.24) is 4.98 Å². The monoisotopic (exact) mass is 373 g/mol. The Hall–Kier alpha value is -2.99. The summed E-state index contributed by atoms with van der Waals surface area (Å²) in [4.78, 5) is 16.1. The largest absolute Gasteiger partial charge is 0.352 e. The van der Waals surface area contributed by atoms with Crippen LogP contribution in [0.15, 0.2) is 60.8 Å². The Balaban J connectivity index is 1.60. The zero-order valence-electron chi connectivity index (χ0n) is 13.5. The van der Waals surface area contributed by atoms with Crippen molar-refractivity contribution < 1.29 is 13.6 Å². The van der Waals surface area contributed by atoms with Gasteiger partial charge in [-0.1, -0.05) is 23.7 Å². The molecular formula is C19H14ClF2N3O. The standard InChI is InChI=1S/C19H14ClF2N3O/c20-13-3-1-12(2-4-13)9-19(26)25-18-8-6-15(11-23-18)24-17-7-5-14(21)10-16(17)22/h1-8,10-11,24H,9H2,(H,23,25,26). The van der Waals surface area contributed by atoms with Gasteiger partial charge in [-0.3, -0.25) is 4.79 Å². The quantitative estimate of drug-likeness (QED) is 0.666. The van der Waals surface area contributed by atoms with Crippen LogP contribution < -0.4 is 10.6 Å². The lowest BCUT2D eigenvalue weighted by Crippen LogP contribution is -2.15. The molecule has 0 saturated carbocycles. The molecule has 0 aliphatic carbocycles. The van der Waals surface area contributed by atoms with Crippen molar-refractivity contribution in [3.63, 3.8) is 0 Å². The Morgan fingerprint density at radius 1 is 1.04 bits per heavy atom. The Kier molecular flexibility index (Phi) is 5.43. The second-order valence-electron chi connectivity index (χ2n) is 5.53. The van der Waals surface area contributed by atoms with Crippen LogP contribution in [0.1, 0.15) is 5.56 Å². The van der Waals surface area contributed by atoms with Crippen LogP contribution in [0.2, 0.25) is 5.02 Å². The fraction of sp³-hybridized carbons (Fsp3) is 0.0526. The molecule has 0 radical (unpaired) electrons. The zero-order chi connectivity index (χ0) is 18.5. The van der Waals surface area contributed by atoms with Crippen LogP contribution in [0.5, 0.6) is 0 Å². The van der Waals surface area contributed by atoms with Crippen LogP contribution in [-0.4, -0.2) is 10.9 Å². The van der Waals surface area contributed by atoms with Gasteiger partial charge in [-0.25, -0.2) is 13.8 Å². The number of carbonyl (C=O) groups excluding carboxylic acids is 1. The predicted octanol–water partition coefficient (Wildman–Crippen LogP) is 4.94. The number of carbonyl (C=O) groups is 1. The van der Waals surface area contributed by atoms with E-state index in [9.17, 15) is 13.6 Å². The van der Waals surface area contributed by atoms with E-state index in [2.05, 4.69) is 15.6 Å². The smallest absolute Gasteiger partial charge is 0.229 e. The first kappa shape index (κ1) is 17.8. The summed E-state index contributed by atoms with van der Waals surface area (Å²) in [7, 11) is 0. The van der Waals surface area contributed by atoms with Gasteiger partial charge < -0.3 is 10.6 Å². The summed E-state index contributed by atoms with van der Waals surface area (Å²) >= 11 is 5.81. The number of benzene rings is 2. The maximum Gasteiger partial charge on any atom is 0.229 e. The maximum absolute atomic E-state index is 13.6. The van der Waals surface area contributed by atoms with E-state index >= 15 is 0 Å². The number of rotatable bonds is 5. The van der Waals surface area contributed by atoms with Gasteiger partial charge in [-0.2, -0.15) is 0 Å². The van der Waals surface area contributed by atoms with Gasteiger partial charge in [0.05, 0.1) is 24.0 Å². The van der Waals surface area contributed by atoms with Crippen LogP contribution in [-0.2, 0) is 11.2 Å². The van der Waals surface area contributed by atoms with E-state index in [0.717, 1.165) is 17.7 Å². The first-order valence-electron chi connectivity index (χ1n) is 7.72. The molecule has 0 fully saturated rings. The molecule has 0 unspecified atom stereocenters. The van der Waals surface area contributed by atoms with E-state index in [1.54, 1.807) is 36.4 Å². The van der Waals surface area contributed by atoms with Crippen LogP contribution >= 0.6 is 11.6 Å². The number of halogens is 3. The fourth-order valence-corrected chi connectivity index (χ4v) is 2.39. The fourth-order valence-electron chi connectivity index (χ4n) is 2.26. The average molecular weight is 374 g/mol. The van der Waals surface area contributed by atoms with Crippen molar-refractivity contribution in [2.75, 3.05) is 10.6 Å². The SMILES string of the molecule is O=C(Cc1ccc(Cl)cc1)Nc1ccc(Nc2ccc(F)cc2F)cn1. The Morgan fingerprint density at radius 3 is 2.46 bits per heavy atom. The third-order valence-corrected chi connectivity index (χ3v) is 3.77. The first-order valence-corrected chi connectivity index (χ1v) is 8.10. The van der Waals surface area contributed by atoms with E-state index in [1.165, 1.54) is 12.3 Å². The summed E-state index contributed by atoms with van der Waals surface area (Å²) in [6.07, 6.45) is 1.64. The molecular weight excluding hydrogens is 360 g/mol. The van der Waals surface area contributed by atoms with E-state index in [0.29, 0.717) is 16.5 Å². The summed E-state index contributed by atoms with van der Waals surface area (Å²) in [5.74, 6) is -1.20. The van der Waals surface area contributed by atoms with Crippen molar-refractivity contribution in [1.29, 1.82) is 0 Å². The number of hydrogen-bond acceptors (Lipinski definition) is 3. The van der Waals surface area contributed by atoms with Crippen LogP contribution in [0.3, 0.4) is 0 Å². The highest BCUT2D eigenvalue weighted by molar-refractivity contribution is 6.30. The number of nitrogens with zero attached hydrogens (tertiary/aromatic N) is 1. The molecule has 0 spiro atoms. The van der Waals surface area contributed by atoms with Gasteiger partial charge in [0.2, 0.25) is 5.91 Å². The number of amides is 1. The predicted molar refractivity (Wildman–Crippen MR) is 97.7 cm³/mol. The minimum atomic E-state index is -0.703. The van der Waals surface area contributed by atoms with Crippen molar-refractivity contribution in [2.24, 2.45) is 0 Å². The normalized spacial score (nSPS) is 10.4. The molecule has 1 amide bonds. The summed E-state index contributed by atoms with van der Waals surface area (Å²) in [6, 6.07) is 13.5. The molecule has 1 heterocycles. The Morgan fingerprint density at radius 2 is 1.81 bits per heavy atom. The molecule has 3 rings (SSSR count). The molecule has 0 aliphatic heterocycles. The third-order valence-electron chi connectivity index (χ3n) is 3.52. The van der Waals surface area contributed by atoms with Gasteiger partial charge in [0.25, 0.3) is 0 Å². The maximum atomic E-state index is 13.6. The second-order valence-corrected chi connectivity index (χ2v) is 5.97. The minimum Gasteiger partial charge on any atom is -0.352 e. The highest BCUT2D eigenvalue weighted by Crippen LogP contribution is 2.21. The van der Waals surface area contributed by atoms with Crippen molar-refractivity contribution in [3.8, 4) is 0 Å². The van der Waals surface area contributed by atoms with Gasteiger partial charge in [-0.15, -0.1) is 0 Å². The lowest BCUT2D eigenvalue weighted by molar-refractivity contribution is -0.115. The molecule has 0 saturated heterocycles. The van der Waals surface area contributed by atoms with E-state index in [4.69, 9.17) is 11.6 Å². The summed E-state index contributed by atoms with van der Waals surface area (Å²) < 4.78 is 26.5. The minimum absolute atomic E-state index is 0.132. The van der Waals surface area contributed by atoms with Crippen LogP contribution in [0.4, 0.5) is 26.0 Å². The number of hydrogen-bond donors (Lipinski definition) is 2. The molecule has 1 aromatic heterocycles. The highest BCUT2D eigenvalue weighted by atomic mass is 35.5. The van der Waals surface area contributed by atoms with Crippen molar-refractivity contribution >= 4 is 34.7 Å². The van der Waals surface area contributed by atoms with E-state index in [-0.39, 0.29) is 18.0 Å². The number of nitrogens with one attached hydrogen (secondary N) is 2. The third kappa shape index (κ3) is 4.77. The van der Waals surface area contributed by atoms with Gasteiger partial charge >= 0.3 is 0 Å². The molecule has 4 nitrogen and oxygen atoms in total. The van der Waals surface area contributed by atoms with Crippen LogP contribution in [0.25, 0.3) is 0 Å². The van der Waals surface area contributed by atoms with E-state index < -0.39 is 11.6 Å². The molecule has 2 aromatic carbocycles. The summed E-state index contributed by atoms with van der Waals surface area (Å²) in [5.41, 5.74) is 1.47. The summed E-state index contributed by atoms with van der Waals surface area (Å²) in [5, 5.41) is 6.08. The molecule has 0 atom stereocenters. The van der Waals surface area contributed by atoms with Crippen molar-refractivity contribution in [2.45, 2.75) is 6.42 Å². The average Bonchev–Trinajstić information content (AvgIpc) is 2.61. The number of aromatic nitrogens is 1. The zero-order valence-corrected chi connectivity index (χ0v) is 14.2. The van der Waals surface area contributed by atoms with Gasteiger partial charge in [0.1, 0.15) is 17.5 Å². The van der Waals surface area contributed by atoms with Gasteiger partial charge in [-0.05, 0) is 42.0 Å². The molecule has 2 N–H and O–H groups in total. The van der Waals surface area contributed by atoms with E-state index in [1.807, 2.05) is 0 Å². The molecule has 0 aliphatic rings. The lowest BCUT2D eigenvalue weighted by Gasteiger charge is -2.09. The molecule has 7 heteroatoms. The number of anilines is 3. The topological polar surface area (TPSA) is 54.0 Å². The van der Waals surface area contributed by atoms with Gasteiger partial charge in [0, 0.05) is 11.1 Å². The Bertz CT molecular complexity index is 915.